The van der Waals surface area contributed by atoms with Crippen LogP contribution in [0.5, 0.6) is 0 Å². The van der Waals surface area contributed by atoms with Crippen LogP contribution >= 0.6 is 0 Å². The molecule has 0 heterocycles. The van der Waals surface area contributed by atoms with Crippen molar-refractivity contribution in [1.29, 1.82) is 0 Å². The first-order chi connectivity index (χ1) is 14.1. The molecule has 0 aromatic heterocycles. The van der Waals surface area contributed by atoms with Gasteiger partial charge in [-0.1, -0.05) is 129 Å². The highest BCUT2D eigenvalue weighted by atomic mass is 16.5. The van der Waals surface area contributed by atoms with Gasteiger partial charge in [-0.2, -0.15) is 0 Å². The molecule has 0 aromatic carbocycles. The van der Waals surface area contributed by atoms with Crippen molar-refractivity contribution in [1.82, 2.24) is 0 Å². The molecule has 0 aliphatic carbocycles. The maximum absolute atomic E-state index is 12.6. The van der Waals surface area contributed by atoms with Gasteiger partial charge in [0.2, 0.25) is 0 Å². The van der Waals surface area contributed by atoms with Crippen molar-refractivity contribution in [2.45, 2.75) is 155 Å². The summed E-state index contributed by atoms with van der Waals surface area (Å²) in [6.07, 6.45) is 29.8. The molecule has 176 valence electrons. The topological polar surface area (TPSA) is 23.1 Å². The smallest absolute Gasteiger partial charge is 0.0781 e. The summed E-state index contributed by atoms with van der Waals surface area (Å²) in [6, 6.07) is 0. The molecule has 0 amide bonds. The molecule has 0 aromatic rings. The maximum Gasteiger partial charge on any atom is 0.0781 e. The van der Waals surface area contributed by atoms with Gasteiger partial charge in [-0.15, -0.1) is 0 Å². The molecule has 0 unspecified atom stereocenters. The van der Waals surface area contributed by atoms with E-state index in [0.717, 1.165) is 25.9 Å². The largest absolute Gasteiger partial charge is 0.633 e. The molecule has 0 saturated heterocycles. The van der Waals surface area contributed by atoms with Crippen molar-refractivity contribution in [3.8, 4) is 0 Å². The highest BCUT2D eigenvalue weighted by Gasteiger charge is 2.09. The molecule has 0 radical (unpaired) electrons. The van der Waals surface area contributed by atoms with Crippen LogP contribution in [0.2, 0.25) is 0 Å². The van der Waals surface area contributed by atoms with Gasteiger partial charge in [-0.25, -0.2) is 0 Å². The molecule has 0 aliphatic heterocycles. The highest BCUT2D eigenvalue weighted by molar-refractivity contribution is 4.51. The predicted octanol–water partition coefficient (Wildman–Crippen LogP) is 9.55. The van der Waals surface area contributed by atoms with Crippen LogP contribution in [0.1, 0.15) is 155 Å². The van der Waals surface area contributed by atoms with Gasteiger partial charge in [-0.05, 0) is 25.7 Å². The van der Waals surface area contributed by atoms with Crippen molar-refractivity contribution in [3.05, 3.63) is 5.21 Å². The zero-order chi connectivity index (χ0) is 21.5. The van der Waals surface area contributed by atoms with E-state index in [2.05, 4.69) is 13.8 Å². The van der Waals surface area contributed by atoms with Crippen LogP contribution in [0.15, 0.2) is 0 Å². The van der Waals surface area contributed by atoms with Crippen LogP contribution in [-0.4, -0.2) is 24.8 Å². The number of hydrogen-bond acceptors (Lipinski definition) is 1. The fraction of sp³-hybridized carbons (Fsp3) is 1.00. The van der Waals surface area contributed by atoms with E-state index < -0.39 is 0 Å². The number of quaternary nitrogens is 1. The summed E-state index contributed by atoms with van der Waals surface area (Å²) in [5.41, 5.74) is 0. The van der Waals surface area contributed by atoms with Crippen LogP contribution in [-0.2, 0) is 0 Å². The molecule has 0 bridgehead atoms. The van der Waals surface area contributed by atoms with Gasteiger partial charge in [0, 0.05) is 0 Å². The molecule has 2 nitrogen and oxygen atoms in total. The van der Waals surface area contributed by atoms with Crippen molar-refractivity contribution < 1.29 is 4.65 Å². The minimum Gasteiger partial charge on any atom is -0.633 e. The molecule has 0 atom stereocenters. The van der Waals surface area contributed by atoms with Crippen molar-refractivity contribution >= 4 is 0 Å². The number of hydrogen-bond donors (Lipinski definition) is 0. The van der Waals surface area contributed by atoms with E-state index >= 15 is 0 Å². The second kappa shape index (κ2) is 22.6. The van der Waals surface area contributed by atoms with Gasteiger partial charge in [-0.3, -0.25) is 0 Å². The average Bonchev–Trinajstić information content (AvgIpc) is 2.70. The Bertz CT molecular complexity index is 275. The van der Waals surface area contributed by atoms with E-state index in [9.17, 15) is 5.21 Å². The van der Waals surface area contributed by atoms with Gasteiger partial charge in [0.15, 0.2) is 0 Å². The Morgan fingerprint density at radius 2 is 0.586 bits per heavy atom. The third-order valence-corrected chi connectivity index (χ3v) is 6.47. The summed E-state index contributed by atoms with van der Waals surface area (Å²) in [5, 5.41) is 12.6. The zero-order valence-corrected chi connectivity index (χ0v) is 20.8. The van der Waals surface area contributed by atoms with E-state index in [1.807, 2.05) is 7.05 Å². The Balaban J connectivity index is 3.30. The lowest BCUT2D eigenvalue weighted by molar-refractivity contribution is -0.861. The lowest BCUT2D eigenvalue weighted by Gasteiger charge is -2.39. The van der Waals surface area contributed by atoms with Crippen LogP contribution in [0, 0.1) is 5.21 Å². The Kier molecular flexibility index (Phi) is 22.5. The first-order valence-electron chi connectivity index (χ1n) is 13.7. The van der Waals surface area contributed by atoms with Crippen molar-refractivity contribution in [2.24, 2.45) is 0 Å². The Hall–Kier alpha value is -0.0800. The average molecular weight is 412 g/mol. The van der Waals surface area contributed by atoms with E-state index in [0.29, 0.717) is 0 Å². The summed E-state index contributed by atoms with van der Waals surface area (Å²) in [6.45, 7) is 6.22. The second-order valence-electron chi connectivity index (χ2n) is 9.82. The number of nitrogens with zero attached hydrogens (tertiary/aromatic N) is 1. The maximum atomic E-state index is 12.6. The standard InChI is InChI=1S/C27H57NO/c1-4-6-8-10-12-14-16-18-20-22-24-26-28(3,29)27-25-23-21-19-17-15-13-11-9-7-5-2/h4-27H2,1-3H3. The van der Waals surface area contributed by atoms with Gasteiger partial charge in [0.05, 0.1) is 20.1 Å². The molecular formula is C27H57NO. The first kappa shape index (κ1) is 28.9. The number of unbranched alkanes of at least 4 members (excludes halogenated alkanes) is 20. The summed E-state index contributed by atoms with van der Waals surface area (Å²) in [5.74, 6) is 0. The van der Waals surface area contributed by atoms with Crippen LogP contribution in [0.25, 0.3) is 0 Å². The summed E-state index contributed by atoms with van der Waals surface area (Å²) in [4.78, 5) is 0. The molecular weight excluding hydrogens is 354 g/mol. The monoisotopic (exact) mass is 411 g/mol. The molecule has 0 N–H and O–H groups in total. The van der Waals surface area contributed by atoms with Gasteiger partial charge in [0.1, 0.15) is 0 Å². The molecule has 2 heteroatoms. The first-order valence-corrected chi connectivity index (χ1v) is 13.7. The normalized spacial score (nSPS) is 12.0. The molecule has 29 heavy (non-hydrogen) atoms. The van der Waals surface area contributed by atoms with Crippen molar-refractivity contribution in [2.75, 3.05) is 20.1 Å². The van der Waals surface area contributed by atoms with Gasteiger partial charge in [0.25, 0.3) is 0 Å². The summed E-state index contributed by atoms with van der Waals surface area (Å²) < 4.78 is -0.00510. The van der Waals surface area contributed by atoms with E-state index in [1.54, 1.807) is 0 Å². The third-order valence-electron chi connectivity index (χ3n) is 6.47. The highest BCUT2D eigenvalue weighted by Crippen LogP contribution is 2.15. The fourth-order valence-electron chi connectivity index (χ4n) is 4.33. The van der Waals surface area contributed by atoms with E-state index in [1.165, 1.54) is 128 Å². The Labute approximate surface area is 185 Å². The van der Waals surface area contributed by atoms with Crippen LogP contribution in [0.4, 0.5) is 0 Å². The molecule has 0 fully saturated rings. The second-order valence-corrected chi connectivity index (χ2v) is 9.82. The van der Waals surface area contributed by atoms with E-state index in [4.69, 9.17) is 0 Å². The van der Waals surface area contributed by atoms with Crippen LogP contribution in [0.3, 0.4) is 0 Å². The molecule has 0 spiro atoms. The van der Waals surface area contributed by atoms with Crippen molar-refractivity contribution in [3.63, 3.8) is 0 Å². The lowest BCUT2D eigenvalue weighted by Crippen LogP contribution is -2.39. The van der Waals surface area contributed by atoms with E-state index in [-0.39, 0.29) is 4.65 Å². The minimum absolute atomic E-state index is 0.00510. The quantitative estimate of drug-likeness (QED) is 0.0880. The number of hydroxylamine groups is 3. The Morgan fingerprint density at radius 3 is 0.828 bits per heavy atom. The van der Waals surface area contributed by atoms with Crippen LogP contribution < -0.4 is 0 Å². The third kappa shape index (κ3) is 24.1. The molecule has 0 rings (SSSR count). The van der Waals surface area contributed by atoms with Gasteiger partial charge >= 0.3 is 0 Å². The van der Waals surface area contributed by atoms with Gasteiger partial charge < -0.3 is 9.85 Å². The molecule has 0 saturated carbocycles. The fourth-order valence-corrected chi connectivity index (χ4v) is 4.33. The molecule has 0 aliphatic rings. The summed E-state index contributed by atoms with van der Waals surface area (Å²) in [7, 11) is 1.90. The predicted molar refractivity (Wildman–Crippen MR) is 132 cm³/mol. The lowest BCUT2D eigenvalue weighted by atomic mass is 10.1. The minimum atomic E-state index is -0.00510. The summed E-state index contributed by atoms with van der Waals surface area (Å²) >= 11 is 0. The Morgan fingerprint density at radius 1 is 0.379 bits per heavy atom. The number of rotatable bonds is 24. The zero-order valence-electron chi connectivity index (χ0n) is 20.8. The SMILES string of the molecule is CCCCCCCCCCCCC[N+](C)([O-])CCCCCCCCCCCCC.